The third-order valence-electron chi connectivity index (χ3n) is 12.0. The molecular formula is C44H60N6O9S2. The lowest BCUT2D eigenvalue weighted by atomic mass is 9.85. The van der Waals surface area contributed by atoms with E-state index < -0.39 is 85.2 Å². The summed E-state index contributed by atoms with van der Waals surface area (Å²) < 4.78 is 45.6. The lowest BCUT2D eigenvalue weighted by molar-refractivity contribution is -0.143. The number of ether oxygens (including phenoxy) is 3. The Bertz CT molecular complexity index is 2360. The van der Waals surface area contributed by atoms with Crippen LogP contribution in [-0.4, -0.2) is 94.8 Å². The van der Waals surface area contributed by atoms with Crippen molar-refractivity contribution < 1.29 is 41.8 Å². The summed E-state index contributed by atoms with van der Waals surface area (Å²) in [5.74, 6) is -2.10. The van der Waals surface area contributed by atoms with E-state index in [0.29, 0.717) is 45.9 Å². The molecule has 3 aliphatic rings. The Morgan fingerprint density at radius 1 is 1.07 bits per heavy atom. The lowest BCUT2D eigenvalue weighted by Crippen LogP contribution is -2.61. The Morgan fingerprint density at radius 2 is 1.74 bits per heavy atom. The Labute approximate surface area is 362 Å². The second kappa shape index (κ2) is 16.2. The topological polar surface area (TPSA) is 195 Å². The normalized spacial score (nSPS) is 23.9. The highest BCUT2D eigenvalue weighted by Gasteiger charge is 2.63. The summed E-state index contributed by atoms with van der Waals surface area (Å²) in [5.41, 5.74) is -0.415. The summed E-state index contributed by atoms with van der Waals surface area (Å²) in [5, 5.41) is 8.98. The molecule has 3 aromatic rings. The maximum atomic E-state index is 14.9. The number of pyridine rings is 1. The van der Waals surface area contributed by atoms with Gasteiger partial charge in [-0.15, -0.1) is 17.9 Å². The van der Waals surface area contributed by atoms with Gasteiger partial charge in [0.25, 0.3) is 5.91 Å². The number of rotatable bonds is 13. The van der Waals surface area contributed by atoms with Crippen molar-refractivity contribution in [2.45, 2.75) is 135 Å². The molecule has 15 nitrogen and oxygen atoms in total. The van der Waals surface area contributed by atoms with E-state index >= 15 is 0 Å². The number of benzene rings is 1. The number of aryl methyl sites for hydroxylation is 1. The number of nitrogens with zero attached hydrogens (tertiary/aromatic N) is 3. The number of carbonyl (C=O) groups excluding carboxylic acids is 4. The number of amides is 4. The van der Waals surface area contributed by atoms with Gasteiger partial charge in [-0.2, -0.15) is 0 Å². The van der Waals surface area contributed by atoms with Gasteiger partial charge in [0.15, 0.2) is 0 Å². The molecule has 2 saturated carbocycles. The molecule has 17 heteroatoms. The molecule has 3 N–H and O–H groups in total. The maximum absolute atomic E-state index is 14.9. The lowest BCUT2D eigenvalue weighted by Gasteiger charge is -2.36. The molecule has 3 heterocycles. The zero-order valence-electron chi connectivity index (χ0n) is 37.2. The van der Waals surface area contributed by atoms with Crippen molar-refractivity contribution in [3.05, 3.63) is 47.5 Å². The van der Waals surface area contributed by atoms with E-state index in [9.17, 15) is 27.6 Å². The molecule has 0 unspecified atom stereocenters. The Balaban J connectivity index is 1.40. The average molecular weight is 881 g/mol. The van der Waals surface area contributed by atoms with Crippen LogP contribution in [0.4, 0.5) is 4.79 Å². The molecule has 61 heavy (non-hydrogen) atoms. The molecule has 1 saturated heterocycles. The van der Waals surface area contributed by atoms with Gasteiger partial charge >= 0.3 is 6.09 Å². The highest BCUT2D eigenvalue weighted by molar-refractivity contribution is 7.91. The molecule has 4 amide bonds. The molecule has 6 atom stereocenters. The summed E-state index contributed by atoms with van der Waals surface area (Å²) in [6, 6.07) is 3.11. The summed E-state index contributed by atoms with van der Waals surface area (Å²) >= 11 is 1.46. The van der Waals surface area contributed by atoms with Gasteiger partial charge in [-0.05, 0) is 77.3 Å². The second-order valence-electron chi connectivity index (χ2n) is 19.3. The summed E-state index contributed by atoms with van der Waals surface area (Å²) in [6.45, 7) is 23.6. The van der Waals surface area contributed by atoms with E-state index in [2.05, 4.69) is 35.8 Å². The highest BCUT2D eigenvalue weighted by Crippen LogP contribution is 2.48. The van der Waals surface area contributed by atoms with E-state index in [4.69, 9.17) is 24.2 Å². The third kappa shape index (κ3) is 9.09. The van der Waals surface area contributed by atoms with Gasteiger partial charge in [-0.25, -0.2) is 23.2 Å². The number of aromatic nitrogens is 2. The summed E-state index contributed by atoms with van der Waals surface area (Å²) in [6.07, 6.45) is 0.847. The van der Waals surface area contributed by atoms with Gasteiger partial charge in [0, 0.05) is 34.2 Å². The Kier molecular flexibility index (Phi) is 12.1. The van der Waals surface area contributed by atoms with Crippen molar-refractivity contribution in [2.75, 3.05) is 13.7 Å². The molecule has 1 aromatic carbocycles. The maximum Gasteiger partial charge on any atom is 0.408 e. The van der Waals surface area contributed by atoms with Crippen molar-refractivity contribution in [1.29, 1.82) is 0 Å². The summed E-state index contributed by atoms with van der Waals surface area (Å²) in [4.78, 5) is 68.0. The van der Waals surface area contributed by atoms with Gasteiger partial charge in [-0.1, -0.05) is 47.6 Å². The van der Waals surface area contributed by atoms with Gasteiger partial charge in [0.1, 0.15) is 51.5 Å². The van der Waals surface area contributed by atoms with E-state index in [1.165, 1.54) is 22.3 Å². The first-order valence-electron chi connectivity index (χ1n) is 20.7. The predicted octanol–water partition coefficient (Wildman–Crippen LogP) is 6.39. The highest BCUT2D eigenvalue weighted by atomic mass is 32.2. The van der Waals surface area contributed by atoms with E-state index in [1.54, 1.807) is 62.5 Å². The minimum atomic E-state index is -4.04. The van der Waals surface area contributed by atoms with Crippen LogP contribution in [0.3, 0.4) is 0 Å². The number of thiazole rings is 1. The molecule has 332 valence electrons. The number of alkyl carbamates (subject to hydrolysis) is 1. The number of likely N-dealkylation sites (tertiary alicyclic amines) is 1. The van der Waals surface area contributed by atoms with Crippen LogP contribution in [0.2, 0.25) is 0 Å². The van der Waals surface area contributed by atoms with Gasteiger partial charge in [0.05, 0.1) is 29.6 Å². The average Bonchev–Trinajstić information content (AvgIpc) is 3.98. The molecule has 3 fully saturated rings. The van der Waals surface area contributed by atoms with Crippen LogP contribution < -0.4 is 24.8 Å². The third-order valence-corrected chi connectivity index (χ3v) is 15.0. The van der Waals surface area contributed by atoms with Crippen molar-refractivity contribution in [2.24, 2.45) is 17.3 Å². The molecule has 6 rings (SSSR count). The zero-order valence-corrected chi connectivity index (χ0v) is 38.9. The van der Waals surface area contributed by atoms with Gasteiger partial charge < -0.3 is 29.7 Å². The SMILES string of the molecule is C=C[C@@H]1C[C@]1(NC(=O)[C@@H]1[C@H](C)[C@@H](Oc2cc(-c3nc(C(C)C)cs3)nc3c(C)c(OC)ccc23)CN1C(=O)[C@@H](NC(=O)OC(C)(C)C)C(C)(C)C)C(=O)NS(=O)(=O)C1(C)CC1. The largest absolute Gasteiger partial charge is 0.496 e. The minimum Gasteiger partial charge on any atom is -0.496 e. The van der Waals surface area contributed by atoms with Crippen LogP contribution in [0.15, 0.2) is 36.2 Å². The van der Waals surface area contributed by atoms with E-state index in [0.717, 1.165) is 11.3 Å². The zero-order chi connectivity index (χ0) is 45.2. The van der Waals surface area contributed by atoms with Crippen molar-refractivity contribution >= 4 is 56.1 Å². The number of carbonyl (C=O) groups is 4. The standard InChI is InChI=1S/C44H60N6O9S2/c1-14-26-20-44(26,39(53)49-61(55,56)43(12)17-18-43)48-36(51)34-25(5)32(21-50(34)38(52)35(41(6,7)8)47-40(54)59-42(9,10)11)58-31-19-28(37-46-29(22-60-37)23(2)3)45-33-24(4)30(57-13)16-15-27(31)33/h14-16,19,22-23,25-26,32,34-35H,1,17-18,20-21H2,2-13H3,(H,47,54)(H,48,51)(H,49,53)/t25-,26-,32+,34+,35-,44-/m1/s1. The fraction of sp³-hybridized carbons (Fsp3) is 0.591. The first-order valence-corrected chi connectivity index (χ1v) is 23.0. The fourth-order valence-corrected chi connectivity index (χ4v) is 9.95. The molecule has 0 radical (unpaired) electrons. The first kappa shape index (κ1) is 45.7. The van der Waals surface area contributed by atoms with Crippen LogP contribution >= 0.6 is 11.3 Å². The number of hydrogen-bond acceptors (Lipinski definition) is 12. The van der Waals surface area contributed by atoms with Gasteiger partial charge in [0.2, 0.25) is 21.8 Å². The number of nitrogens with one attached hydrogen (secondary N) is 3. The van der Waals surface area contributed by atoms with Gasteiger partial charge in [-0.3, -0.25) is 19.1 Å². The molecule has 1 aliphatic heterocycles. The Hall–Kier alpha value is -4.77. The van der Waals surface area contributed by atoms with Crippen LogP contribution in [0, 0.1) is 24.2 Å². The number of methoxy groups -OCH3 is 1. The van der Waals surface area contributed by atoms with Crippen LogP contribution in [0.1, 0.15) is 106 Å². The monoisotopic (exact) mass is 880 g/mol. The molecule has 0 spiro atoms. The molecule has 2 aromatic heterocycles. The fourth-order valence-electron chi connectivity index (χ4n) is 7.70. The van der Waals surface area contributed by atoms with Crippen molar-refractivity contribution in [3.8, 4) is 22.2 Å². The molecular weight excluding hydrogens is 821 g/mol. The molecule has 2 aliphatic carbocycles. The molecule has 0 bridgehead atoms. The van der Waals surface area contributed by atoms with Crippen LogP contribution in [-0.2, 0) is 29.1 Å². The van der Waals surface area contributed by atoms with E-state index in [-0.39, 0.29) is 18.9 Å². The first-order chi connectivity index (χ1) is 28.3. The van der Waals surface area contributed by atoms with Crippen LogP contribution in [0.5, 0.6) is 11.5 Å². The smallest absolute Gasteiger partial charge is 0.408 e. The predicted molar refractivity (Wildman–Crippen MR) is 234 cm³/mol. The second-order valence-corrected chi connectivity index (χ2v) is 22.4. The summed E-state index contributed by atoms with van der Waals surface area (Å²) in [7, 11) is -2.45. The number of fused-ring (bicyclic) bond motifs is 1. The quantitative estimate of drug-likeness (QED) is 0.161. The minimum absolute atomic E-state index is 0.0828. The van der Waals surface area contributed by atoms with E-state index in [1.807, 2.05) is 30.5 Å². The van der Waals surface area contributed by atoms with Crippen molar-refractivity contribution in [1.82, 2.24) is 30.2 Å². The Morgan fingerprint density at radius 3 is 2.28 bits per heavy atom. The number of sulfonamides is 1. The number of hydrogen-bond donors (Lipinski definition) is 3. The van der Waals surface area contributed by atoms with Crippen molar-refractivity contribution in [3.63, 3.8) is 0 Å². The van der Waals surface area contributed by atoms with Crippen LogP contribution in [0.25, 0.3) is 21.6 Å².